The van der Waals surface area contributed by atoms with Crippen molar-refractivity contribution in [2.24, 2.45) is 0 Å². The van der Waals surface area contributed by atoms with Gasteiger partial charge in [0.05, 0.1) is 0 Å². The molecule has 0 saturated carbocycles. The summed E-state index contributed by atoms with van der Waals surface area (Å²) < 4.78 is 0. The molecule has 0 fully saturated rings. The topological polar surface area (TPSA) is 109 Å². The highest BCUT2D eigenvalue weighted by molar-refractivity contribution is 6.24. The Bertz CT molecular complexity index is 527. The average molecular weight is 308 g/mol. The van der Waals surface area contributed by atoms with Crippen molar-refractivity contribution in [3.05, 3.63) is 22.3 Å². The summed E-state index contributed by atoms with van der Waals surface area (Å²) >= 11 is 0. The summed E-state index contributed by atoms with van der Waals surface area (Å²) in [6.07, 6.45) is 1.05. The van der Waals surface area contributed by atoms with Crippen LogP contribution < -0.4 is 0 Å². The Hall–Kier alpha value is -2.24. The molecule has 0 aromatic heterocycles. The van der Waals surface area contributed by atoms with Crippen LogP contribution in [0.5, 0.6) is 0 Å². The minimum Gasteiger partial charge on any atom is -0.481 e. The zero-order chi connectivity index (χ0) is 16.9. The first-order chi connectivity index (χ1) is 10.3. The van der Waals surface area contributed by atoms with Crippen molar-refractivity contribution in [2.45, 2.75) is 52.4 Å². The maximum absolute atomic E-state index is 12.3. The van der Waals surface area contributed by atoms with E-state index in [0.29, 0.717) is 35.1 Å². The standard InChI is InChI=1S/C16H20O6/c1-9-11(5-3-7-13(17)18)16(22)10(2)12(15(9)21)6-4-8-14(19)20/h3-8H2,1-2H3,(H,17,18)(H,19,20). The van der Waals surface area contributed by atoms with Gasteiger partial charge in [0.15, 0.2) is 11.6 Å². The molecule has 0 unspecified atom stereocenters. The number of aliphatic carboxylic acids is 2. The van der Waals surface area contributed by atoms with Gasteiger partial charge in [-0.2, -0.15) is 0 Å². The van der Waals surface area contributed by atoms with E-state index in [-0.39, 0.29) is 37.2 Å². The van der Waals surface area contributed by atoms with E-state index in [1.54, 1.807) is 13.8 Å². The van der Waals surface area contributed by atoms with Crippen LogP contribution in [0.15, 0.2) is 22.3 Å². The summed E-state index contributed by atoms with van der Waals surface area (Å²) in [6.45, 7) is 3.14. The third kappa shape index (κ3) is 4.38. The molecule has 0 heterocycles. The summed E-state index contributed by atoms with van der Waals surface area (Å²) in [7, 11) is 0. The Morgan fingerprint density at radius 1 is 0.773 bits per heavy atom. The van der Waals surface area contributed by atoms with Gasteiger partial charge in [0.1, 0.15) is 0 Å². The lowest BCUT2D eigenvalue weighted by Gasteiger charge is -2.20. The number of carboxylic acids is 2. The van der Waals surface area contributed by atoms with Crippen molar-refractivity contribution in [2.75, 3.05) is 0 Å². The average Bonchev–Trinajstić information content (AvgIpc) is 2.43. The number of carbonyl (C=O) groups excluding carboxylic acids is 2. The number of hydrogen-bond donors (Lipinski definition) is 2. The fourth-order valence-corrected chi connectivity index (χ4v) is 2.50. The first-order valence-corrected chi connectivity index (χ1v) is 7.18. The maximum atomic E-state index is 12.3. The van der Waals surface area contributed by atoms with Gasteiger partial charge in [-0.05, 0) is 39.5 Å². The Balaban J connectivity index is 2.84. The normalized spacial score (nSPS) is 15.5. The molecular formula is C16H20O6. The number of allylic oxidation sites excluding steroid dienone is 4. The first kappa shape index (κ1) is 17.8. The van der Waals surface area contributed by atoms with Crippen LogP contribution in [0, 0.1) is 0 Å². The molecule has 6 heteroatoms. The van der Waals surface area contributed by atoms with Crippen molar-refractivity contribution >= 4 is 23.5 Å². The molecule has 0 spiro atoms. The maximum Gasteiger partial charge on any atom is 0.303 e. The van der Waals surface area contributed by atoms with Crippen LogP contribution >= 0.6 is 0 Å². The summed E-state index contributed by atoms with van der Waals surface area (Å²) in [6, 6.07) is 0. The minimum absolute atomic E-state index is 0.0491. The van der Waals surface area contributed by atoms with Crippen molar-refractivity contribution in [1.82, 2.24) is 0 Å². The Morgan fingerprint density at radius 2 is 1.09 bits per heavy atom. The van der Waals surface area contributed by atoms with Crippen LogP contribution in [0.4, 0.5) is 0 Å². The Morgan fingerprint density at radius 3 is 1.36 bits per heavy atom. The fourth-order valence-electron chi connectivity index (χ4n) is 2.50. The molecule has 0 amide bonds. The molecule has 0 atom stereocenters. The smallest absolute Gasteiger partial charge is 0.303 e. The molecule has 0 saturated heterocycles. The molecule has 120 valence electrons. The lowest BCUT2D eigenvalue weighted by Crippen LogP contribution is -2.22. The third-order valence-electron chi connectivity index (χ3n) is 3.77. The van der Waals surface area contributed by atoms with Gasteiger partial charge in [0.2, 0.25) is 0 Å². The molecule has 0 radical (unpaired) electrons. The van der Waals surface area contributed by atoms with E-state index in [1.807, 2.05) is 0 Å². The van der Waals surface area contributed by atoms with E-state index < -0.39 is 11.9 Å². The predicted molar refractivity (Wildman–Crippen MR) is 78.4 cm³/mol. The number of carboxylic acid groups (broad SMARTS) is 2. The first-order valence-electron chi connectivity index (χ1n) is 7.18. The SMILES string of the molecule is CC1=C(CCCC(=O)O)C(=O)C(C)=C(CCCC(=O)O)C1=O. The van der Waals surface area contributed by atoms with Crippen molar-refractivity contribution in [3.8, 4) is 0 Å². The molecule has 1 aliphatic carbocycles. The minimum atomic E-state index is -0.936. The molecule has 1 rings (SSSR count). The van der Waals surface area contributed by atoms with Gasteiger partial charge < -0.3 is 10.2 Å². The number of ketones is 2. The molecule has 6 nitrogen and oxygen atoms in total. The second-order valence-electron chi connectivity index (χ2n) is 5.36. The summed E-state index contributed by atoms with van der Waals surface area (Å²) in [5.74, 6) is -2.33. The number of Topliss-reactive ketones (excluding diaryl/α,β-unsaturated/α-hetero) is 2. The zero-order valence-electron chi connectivity index (χ0n) is 12.8. The quantitative estimate of drug-likeness (QED) is 0.666. The molecule has 22 heavy (non-hydrogen) atoms. The van der Waals surface area contributed by atoms with Gasteiger partial charge in [-0.25, -0.2) is 0 Å². The Labute approximate surface area is 128 Å². The van der Waals surface area contributed by atoms with Gasteiger partial charge >= 0.3 is 11.9 Å². The van der Waals surface area contributed by atoms with Crippen molar-refractivity contribution < 1.29 is 29.4 Å². The third-order valence-corrected chi connectivity index (χ3v) is 3.77. The van der Waals surface area contributed by atoms with Crippen LogP contribution in [0.2, 0.25) is 0 Å². The van der Waals surface area contributed by atoms with E-state index in [9.17, 15) is 19.2 Å². The second-order valence-corrected chi connectivity index (χ2v) is 5.36. The highest BCUT2D eigenvalue weighted by Crippen LogP contribution is 2.30. The predicted octanol–water partition coefficient (Wildman–Crippen LogP) is 2.28. The summed E-state index contributed by atoms with van der Waals surface area (Å²) in [4.78, 5) is 45.7. The summed E-state index contributed by atoms with van der Waals surface area (Å²) in [5.41, 5.74) is 1.47. The fraction of sp³-hybridized carbons (Fsp3) is 0.500. The van der Waals surface area contributed by atoms with Crippen LogP contribution in [-0.2, 0) is 19.2 Å². The molecule has 2 N–H and O–H groups in total. The van der Waals surface area contributed by atoms with Crippen LogP contribution in [0.1, 0.15) is 52.4 Å². The van der Waals surface area contributed by atoms with E-state index >= 15 is 0 Å². The summed E-state index contributed by atoms with van der Waals surface area (Å²) in [5, 5.41) is 17.3. The molecule has 0 aromatic carbocycles. The lowest BCUT2D eigenvalue weighted by molar-refractivity contribution is -0.138. The highest BCUT2D eigenvalue weighted by Gasteiger charge is 2.29. The van der Waals surface area contributed by atoms with Crippen LogP contribution in [0.3, 0.4) is 0 Å². The second kappa shape index (κ2) is 7.68. The van der Waals surface area contributed by atoms with E-state index in [2.05, 4.69) is 0 Å². The highest BCUT2D eigenvalue weighted by atomic mass is 16.4. The molecule has 0 aliphatic heterocycles. The Kier molecular flexibility index (Phi) is 6.22. The largest absolute Gasteiger partial charge is 0.481 e. The van der Waals surface area contributed by atoms with Crippen LogP contribution in [-0.4, -0.2) is 33.7 Å². The van der Waals surface area contributed by atoms with E-state index in [1.165, 1.54) is 0 Å². The number of rotatable bonds is 8. The lowest BCUT2D eigenvalue weighted by atomic mass is 9.81. The van der Waals surface area contributed by atoms with Crippen molar-refractivity contribution in [3.63, 3.8) is 0 Å². The molecule has 1 aliphatic rings. The van der Waals surface area contributed by atoms with Crippen LogP contribution in [0.25, 0.3) is 0 Å². The van der Waals surface area contributed by atoms with Gasteiger partial charge in [0, 0.05) is 35.1 Å². The monoisotopic (exact) mass is 308 g/mol. The molecular weight excluding hydrogens is 288 g/mol. The van der Waals surface area contributed by atoms with Gasteiger partial charge in [0.25, 0.3) is 0 Å². The van der Waals surface area contributed by atoms with E-state index in [0.717, 1.165) is 0 Å². The number of carbonyl (C=O) groups is 4. The van der Waals surface area contributed by atoms with Gasteiger partial charge in [-0.15, -0.1) is 0 Å². The zero-order valence-corrected chi connectivity index (χ0v) is 12.8. The van der Waals surface area contributed by atoms with E-state index in [4.69, 9.17) is 10.2 Å². The van der Waals surface area contributed by atoms with Crippen molar-refractivity contribution in [1.29, 1.82) is 0 Å². The van der Waals surface area contributed by atoms with Gasteiger partial charge in [-0.3, -0.25) is 19.2 Å². The van der Waals surface area contributed by atoms with Gasteiger partial charge in [-0.1, -0.05) is 0 Å². The molecule has 0 aromatic rings. The molecule has 0 bridgehead atoms. The number of hydrogen-bond acceptors (Lipinski definition) is 4.